The first kappa shape index (κ1) is 13.3. The predicted octanol–water partition coefficient (Wildman–Crippen LogP) is 4.90. The summed E-state index contributed by atoms with van der Waals surface area (Å²) in [5.74, 6) is 0. The lowest BCUT2D eigenvalue weighted by molar-refractivity contribution is -0.395. The Kier molecular flexibility index (Phi) is 2.57. The topological polar surface area (TPSA) is 3.01 Å². The maximum atomic E-state index is 2.38. The molecule has 2 aromatic carbocycles. The van der Waals surface area contributed by atoms with Crippen LogP contribution in [0.1, 0.15) is 48.1 Å². The molecule has 2 aromatic rings. The lowest BCUT2D eigenvalue weighted by Crippen LogP contribution is -1.97. The maximum Gasteiger partial charge on any atom is 0.216 e. The zero-order valence-corrected chi connectivity index (χ0v) is 14.2. The summed E-state index contributed by atoms with van der Waals surface area (Å²) in [5, 5.41) is 0. The largest absolute Gasteiger partial charge is 0.216 e. The van der Waals surface area contributed by atoms with Crippen molar-refractivity contribution in [3.8, 4) is 11.1 Å². The summed E-state index contributed by atoms with van der Waals surface area (Å²) in [7, 11) is 2.20. The van der Waals surface area contributed by atoms with Gasteiger partial charge in [0.25, 0.3) is 0 Å². The molecule has 0 radical (unpaired) electrons. The molecule has 0 saturated heterocycles. The van der Waals surface area contributed by atoms with Crippen LogP contribution in [-0.2, 0) is 19.3 Å². The summed E-state index contributed by atoms with van der Waals surface area (Å²) in [6.07, 6.45) is 6.79. The smallest absolute Gasteiger partial charge is 0.204 e. The van der Waals surface area contributed by atoms with Crippen LogP contribution in [0.25, 0.3) is 16.7 Å². The van der Waals surface area contributed by atoms with E-state index in [9.17, 15) is 0 Å². The Hall–Kier alpha value is -2.15. The normalized spacial score (nSPS) is 17.1. The first-order chi connectivity index (χ1) is 11.2. The van der Waals surface area contributed by atoms with Gasteiger partial charge in [-0.05, 0) is 59.6 Å². The molecule has 0 N–H and O–H groups in total. The number of rotatable bonds is 1. The van der Waals surface area contributed by atoms with Crippen LogP contribution in [-0.4, -0.2) is 17.8 Å². The summed E-state index contributed by atoms with van der Waals surface area (Å²) in [6, 6.07) is 9.45. The second-order valence-electron chi connectivity index (χ2n) is 7.17. The van der Waals surface area contributed by atoms with Crippen LogP contribution in [0.15, 0.2) is 29.8 Å². The van der Waals surface area contributed by atoms with Crippen molar-refractivity contribution in [1.82, 2.24) is 0 Å². The van der Waals surface area contributed by atoms with Crippen LogP contribution in [0, 0.1) is 0 Å². The van der Waals surface area contributed by atoms with Gasteiger partial charge in [-0.25, -0.2) is 4.58 Å². The molecule has 1 heteroatoms. The average molecular weight is 300 g/mol. The van der Waals surface area contributed by atoms with Gasteiger partial charge in [0.05, 0.1) is 12.0 Å². The third-order valence-corrected chi connectivity index (χ3v) is 6.03. The van der Waals surface area contributed by atoms with Gasteiger partial charge >= 0.3 is 0 Å². The van der Waals surface area contributed by atoms with Crippen molar-refractivity contribution in [3.05, 3.63) is 57.7 Å². The van der Waals surface area contributed by atoms with Crippen molar-refractivity contribution in [2.24, 2.45) is 0 Å². The molecular formula is C22H22N+. The summed E-state index contributed by atoms with van der Waals surface area (Å²) in [6.45, 7) is 4.63. The van der Waals surface area contributed by atoms with E-state index in [0.29, 0.717) is 0 Å². The number of benzene rings is 2. The van der Waals surface area contributed by atoms with Crippen molar-refractivity contribution in [1.29, 1.82) is 0 Å². The van der Waals surface area contributed by atoms with E-state index in [1.54, 1.807) is 11.1 Å². The summed E-state index contributed by atoms with van der Waals surface area (Å²) in [4.78, 5) is 0. The number of fused-ring (bicyclic) bond motifs is 7. The van der Waals surface area contributed by atoms with Crippen LogP contribution < -0.4 is 0 Å². The van der Waals surface area contributed by atoms with E-state index in [4.69, 9.17) is 0 Å². The molecule has 0 fully saturated rings. The minimum Gasteiger partial charge on any atom is -0.204 e. The fourth-order valence-corrected chi connectivity index (χ4v) is 4.83. The molecule has 0 unspecified atom stereocenters. The van der Waals surface area contributed by atoms with Gasteiger partial charge in [0.2, 0.25) is 5.69 Å². The molecule has 0 spiro atoms. The van der Waals surface area contributed by atoms with Gasteiger partial charge in [0.1, 0.15) is 13.3 Å². The SMILES string of the molecule is CCC1=C(C)c2c(ccc3c2-c2c(ccc4c2[N+](C)=CC4)C3)C1. The van der Waals surface area contributed by atoms with Gasteiger partial charge in [0.15, 0.2) is 0 Å². The lowest BCUT2D eigenvalue weighted by atomic mass is 9.92. The van der Waals surface area contributed by atoms with Crippen LogP contribution in [0.2, 0.25) is 0 Å². The second kappa shape index (κ2) is 4.44. The molecule has 0 saturated carbocycles. The van der Waals surface area contributed by atoms with E-state index < -0.39 is 0 Å². The third-order valence-electron chi connectivity index (χ3n) is 6.03. The standard InChI is InChI=1S/C22H22N/c1-4-14-11-16-7-8-17-12-18-6-5-15-9-10-23(3)22(15)21(18)20(17)19(16)13(14)2/h5-8,10H,4,9,11-12H2,1-3H3/q+1. The molecule has 114 valence electrons. The molecular weight excluding hydrogens is 278 g/mol. The van der Waals surface area contributed by atoms with Crippen molar-refractivity contribution in [2.75, 3.05) is 7.05 Å². The van der Waals surface area contributed by atoms with E-state index >= 15 is 0 Å². The van der Waals surface area contributed by atoms with E-state index in [2.05, 4.69) is 56.0 Å². The fourth-order valence-electron chi connectivity index (χ4n) is 4.83. The van der Waals surface area contributed by atoms with Crippen molar-refractivity contribution in [2.45, 2.75) is 39.5 Å². The minimum atomic E-state index is 1.07. The Balaban J connectivity index is 1.87. The molecule has 1 heterocycles. The fraction of sp³-hybridized carbons (Fsp3) is 0.318. The minimum absolute atomic E-state index is 1.07. The lowest BCUT2D eigenvalue weighted by Gasteiger charge is -2.12. The number of nitrogens with zero attached hydrogens (tertiary/aromatic N) is 1. The zero-order chi connectivity index (χ0) is 15.7. The van der Waals surface area contributed by atoms with Crippen molar-refractivity contribution >= 4 is 17.5 Å². The zero-order valence-electron chi connectivity index (χ0n) is 14.2. The van der Waals surface area contributed by atoms with Crippen molar-refractivity contribution in [3.63, 3.8) is 0 Å². The second-order valence-corrected chi connectivity index (χ2v) is 7.17. The predicted molar refractivity (Wildman–Crippen MR) is 96.9 cm³/mol. The number of allylic oxidation sites excluding steroid dienone is 2. The van der Waals surface area contributed by atoms with Gasteiger partial charge in [-0.1, -0.05) is 36.8 Å². The highest BCUT2D eigenvalue weighted by Gasteiger charge is 2.34. The Morgan fingerprint density at radius 2 is 1.52 bits per heavy atom. The average Bonchev–Trinajstić information content (AvgIpc) is 3.20. The first-order valence-electron chi connectivity index (χ1n) is 8.74. The van der Waals surface area contributed by atoms with Gasteiger partial charge in [0, 0.05) is 5.56 Å². The first-order valence-corrected chi connectivity index (χ1v) is 8.74. The quantitative estimate of drug-likeness (QED) is 0.562. The molecule has 5 rings (SSSR count). The molecule has 1 aliphatic heterocycles. The van der Waals surface area contributed by atoms with Gasteiger partial charge < -0.3 is 0 Å². The number of hydrogen-bond donors (Lipinski definition) is 0. The van der Waals surface area contributed by atoms with Crippen LogP contribution in [0.4, 0.5) is 5.69 Å². The molecule has 23 heavy (non-hydrogen) atoms. The Bertz CT molecular complexity index is 941. The van der Waals surface area contributed by atoms with E-state index in [0.717, 1.165) is 19.3 Å². The molecule has 1 nitrogen and oxygen atoms in total. The highest BCUT2D eigenvalue weighted by molar-refractivity contribution is 5.96. The highest BCUT2D eigenvalue weighted by atomic mass is 15.0. The van der Waals surface area contributed by atoms with Gasteiger partial charge in [-0.2, -0.15) is 0 Å². The maximum absolute atomic E-state index is 2.38. The molecule has 0 atom stereocenters. The van der Waals surface area contributed by atoms with Crippen LogP contribution >= 0.6 is 0 Å². The van der Waals surface area contributed by atoms with Gasteiger partial charge in [-0.15, -0.1) is 0 Å². The summed E-state index contributed by atoms with van der Waals surface area (Å²) >= 11 is 0. The Labute approximate surface area is 138 Å². The number of hydrogen-bond acceptors (Lipinski definition) is 0. The molecule has 0 amide bonds. The Morgan fingerprint density at radius 3 is 2.26 bits per heavy atom. The van der Waals surface area contributed by atoms with E-state index in [1.807, 2.05) is 0 Å². The highest BCUT2D eigenvalue weighted by Crippen LogP contribution is 2.51. The summed E-state index contributed by atoms with van der Waals surface area (Å²) in [5.41, 5.74) is 15.2. The third kappa shape index (κ3) is 1.60. The van der Waals surface area contributed by atoms with Crippen LogP contribution in [0.5, 0.6) is 0 Å². The van der Waals surface area contributed by atoms with Gasteiger partial charge in [-0.3, -0.25) is 0 Å². The molecule has 0 aromatic heterocycles. The monoisotopic (exact) mass is 300 g/mol. The molecule has 0 bridgehead atoms. The van der Waals surface area contributed by atoms with Crippen LogP contribution in [0.3, 0.4) is 0 Å². The van der Waals surface area contributed by atoms with Crippen molar-refractivity contribution < 1.29 is 4.58 Å². The Morgan fingerprint density at radius 1 is 0.870 bits per heavy atom. The van der Waals surface area contributed by atoms with E-state index in [-0.39, 0.29) is 0 Å². The molecule has 2 aliphatic carbocycles. The van der Waals surface area contributed by atoms with E-state index in [1.165, 1.54) is 51.1 Å². The molecule has 3 aliphatic rings. The summed E-state index contributed by atoms with van der Waals surface area (Å²) < 4.78 is 2.34.